The van der Waals surface area contributed by atoms with Gasteiger partial charge in [-0.3, -0.25) is 4.79 Å². The molecular weight excluding hydrogens is 254 g/mol. The van der Waals surface area contributed by atoms with E-state index in [1.54, 1.807) is 18.2 Å². The largest absolute Gasteiger partial charge is 0.387 e. The summed E-state index contributed by atoms with van der Waals surface area (Å²) in [4.78, 5) is 11.2. The van der Waals surface area contributed by atoms with Gasteiger partial charge < -0.3 is 10.4 Å². The second-order valence-corrected chi connectivity index (χ2v) is 6.76. The number of nitrogens with one attached hydrogen (secondary N) is 1. The van der Waals surface area contributed by atoms with E-state index in [4.69, 9.17) is 0 Å². The van der Waals surface area contributed by atoms with Crippen LogP contribution in [0.5, 0.6) is 0 Å². The van der Waals surface area contributed by atoms with E-state index < -0.39 is 15.9 Å². The van der Waals surface area contributed by atoms with Gasteiger partial charge in [-0.15, -0.1) is 0 Å². The number of carbonyl (C=O) groups excluding carboxylic acids is 1. The number of fused-ring (bicyclic) bond motifs is 1. The number of amides is 1. The van der Waals surface area contributed by atoms with Crippen molar-refractivity contribution < 1.29 is 18.3 Å². The van der Waals surface area contributed by atoms with Crippen LogP contribution in [0, 0.1) is 0 Å². The summed E-state index contributed by atoms with van der Waals surface area (Å²) in [7, 11) is -3.22. The van der Waals surface area contributed by atoms with Gasteiger partial charge in [-0.05, 0) is 23.6 Å². The van der Waals surface area contributed by atoms with Crippen molar-refractivity contribution in [1.82, 2.24) is 0 Å². The molecule has 0 aromatic heterocycles. The molecule has 0 fully saturated rings. The van der Waals surface area contributed by atoms with Crippen molar-refractivity contribution in [1.29, 1.82) is 0 Å². The molecule has 0 saturated heterocycles. The second kappa shape index (κ2) is 4.70. The summed E-state index contributed by atoms with van der Waals surface area (Å²) in [5, 5.41) is 12.6. The smallest absolute Gasteiger partial charge is 0.224 e. The Bertz CT molecular complexity index is 580. The molecule has 0 spiro atoms. The molecular formula is C12H15NO4S. The zero-order chi connectivity index (χ0) is 13.3. The van der Waals surface area contributed by atoms with Crippen LogP contribution in [-0.2, 0) is 21.1 Å². The van der Waals surface area contributed by atoms with Gasteiger partial charge in [-0.2, -0.15) is 0 Å². The first-order valence-corrected chi connectivity index (χ1v) is 7.70. The Morgan fingerprint density at radius 3 is 2.78 bits per heavy atom. The van der Waals surface area contributed by atoms with Gasteiger partial charge in [0, 0.05) is 18.4 Å². The van der Waals surface area contributed by atoms with E-state index in [0.29, 0.717) is 18.4 Å². The molecule has 2 N–H and O–H groups in total. The maximum Gasteiger partial charge on any atom is 0.224 e. The van der Waals surface area contributed by atoms with Crippen LogP contribution in [0.3, 0.4) is 0 Å². The molecule has 1 aliphatic heterocycles. The predicted molar refractivity (Wildman–Crippen MR) is 68.1 cm³/mol. The fourth-order valence-corrected chi connectivity index (χ4v) is 2.76. The van der Waals surface area contributed by atoms with Crippen molar-refractivity contribution in [3.8, 4) is 0 Å². The lowest BCUT2D eigenvalue weighted by molar-refractivity contribution is -0.116. The highest BCUT2D eigenvalue weighted by atomic mass is 32.2. The standard InChI is InChI=1S/C12H15NO4S/c1-18(16,17)7-11(14)9-2-4-10-8(6-9)3-5-12(15)13-10/h2,4,6,11,14H,3,5,7H2,1H3,(H,13,15). The van der Waals surface area contributed by atoms with Gasteiger partial charge >= 0.3 is 0 Å². The summed E-state index contributed by atoms with van der Waals surface area (Å²) in [6.45, 7) is 0. The minimum absolute atomic E-state index is 0.0214. The molecule has 0 bridgehead atoms. The average Bonchev–Trinajstić information content (AvgIpc) is 2.26. The second-order valence-electron chi connectivity index (χ2n) is 4.57. The molecule has 18 heavy (non-hydrogen) atoms. The molecule has 2 rings (SSSR count). The minimum Gasteiger partial charge on any atom is -0.387 e. The van der Waals surface area contributed by atoms with E-state index in [-0.39, 0.29) is 11.7 Å². The fraction of sp³-hybridized carbons (Fsp3) is 0.417. The number of aryl methyl sites for hydroxylation is 1. The summed E-state index contributed by atoms with van der Waals surface area (Å²) in [5.74, 6) is -0.315. The molecule has 1 unspecified atom stereocenters. The SMILES string of the molecule is CS(=O)(=O)CC(O)c1ccc2c(c1)CCC(=O)N2. The van der Waals surface area contributed by atoms with Gasteiger partial charge in [0.1, 0.15) is 9.84 Å². The molecule has 0 aliphatic carbocycles. The fourth-order valence-electron chi connectivity index (χ4n) is 1.99. The molecule has 6 heteroatoms. The van der Waals surface area contributed by atoms with E-state index in [0.717, 1.165) is 17.5 Å². The number of sulfone groups is 1. The van der Waals surface area contributed by atoms with Crippen LogP contribution in [0.4, 0.5) is 5.69 Å². The van der Waals surface area contributed by atoms with Crippen molar-refractivity contribution in [3.63, 3.8) is 0 Å². The molecule has 1 heterocycles. The van der Waals surface area contributed by atoms with E-state index in [9.17, 15) is 18.3 Å². The van der Waals surface area contributed by atoms with Crippen LogP contribution in [0.1, 0.15) is 23.7 Å². The summed E-state index contributed by atoms with van der Waals surface area (Å²) >= 11 is 0. The molecule has 1 aromatic rings. The summed E-state index contributed by atoms with van der Waals surface area (Å²) < 4.78 is 22.3. The quantitative estimate of drug-likeness (QED) is 0.844. The summed E-state index contributed by atoms with van der Waals surface area (Å²) in [6.07, 6.45) is 1.09. The van der Waals surface area contributed by atoms with E-state index in [2.05, 4.69) is 5.32 Å². The lowest BCUT2D eigenvalue weighted by atomic mass is 9.99. The number of carbonyl (C=O) groups is 1. The van der Waals surface area contributed by atoms with Crippen LogP contribution in [-0.4, -0.2) is 31.4 Å². The minimum atomic E-state index is -3.22. The molecule has 1 amide bonds. The topological polar surface area (TPSA) is 83.5 Å². The zero-order valence-corrected chi connectivity index (χ0v) is 10.8. The zero-order valence-electron chi connectivity index (χ0n) is 10.0. The first kappa shape index (κ1) is 13.0. The highest BCUT2D eigenvalue weighted by molar-refractivity contribution is 7.90. The van der Waals surface area contributed by atoms with Crippen molar-refractivity contribution in [2.24, 2.45) is 0 Å². The Balaban J connectivity index is 2.24. The van der Waals surface area contributed by atoms with Crippen molar-refractivity contribution in [3.05, 3.63) is 29.3 Å². The molecule has 1 aromatic carbocycles. The van der Waals surface area contributed by atoms with E-state index in [1.807, 2.05) is 0 Å². The van der Waals surface area contributed by atoms with Gasteiger partial charge in [0.05, 0.1) is 11.9 Å². The number of benzene rings is 1. The Kier molecular flexibility index (Phi) is 3.41. The molecule has 1 aliphatic rings. The van der Waals surface area contributed by atoms with E-state index in [1.165, 1.54) is 0 Å². The van der Waals surface area contributed by atoms with Gasteiger partial charge in [0.2, 0.25) is 5.91 Å². The number of hydrogen-bond donors (Lipinski definition) is 2. The van der Waals surface area contributed by atoms with Crippen LogP contribution < -0.4 is 5.32 Å². The molecule has 0 radical (unpaired) electrons. The first-order chi connectivity index (χ1) is 8.35. The highest BCUT2D eigenvalue weighted by Crippen LogP contribution is 2.26. The number of anilines is 1. The third kappa shape index (κ3) is 3.08. The predicted octanol–water partition coefficient (Wildman–Crippen LogP) is 0.649. The van der Waals surface area contributed by atoms with Gasteiger partial charge in [0.25, 0.3) is 0 Å². The van der Waals surface area contributed by atoms with Gasteiger partial charge in [0.15, 0.2) is 0 Å². The van der Waals surface area contributed by atoms with Crippen LogP contribution in [0.15, 0.2) is 18.2 Å². The Morgan fingerprint density at radius 2 is 2.11 bits per heavy atom. The van der Waals surface area contributed by atoms with Crippen LogP contribution >= 0.6 is 0 Å². The number of aliphatic hydroxyl groups is 1. The van der Waals surface area contributed by atoms with Crippen LogP contribution in [0.25, 0.3) is 0 Å². The molecule has 5 nitrogen and oxygen atoms in total. The number of hydrogen-bond acceptors (Lipinski definition) is 4. The molecule has 0 saturated carbocycles. The summed E-state index contributed by atoms with van der Waals surface area (Å²) in [5.41, 5.74) is 2.23. The lowest BCUT2D eigenvalue weighted by Gasteiger charge is -2.19. The Labute approximate surface area is 106 Å². The Hall–Kier alpha value is -1.40. The van der Waals surface area contributed by atoms with Crippen molar-refractivity contribution in [2.75, 3.05) is 17.3 Å². The van der Waals surface area contributed by atoms with Crippen molar-refractivity contribution in [2.45, 2.75) is 18.9 Å². The lowest BCUT2D eigenvalue weighted by Crippen LogP contribution is -2.19. The first-order valence-electron chi connectivity index (χ1n) is 5.63. The van der Waals surface area contributed by atoms with Gasteiger partial charge in [-0.25, -0.2) is 8.42 Å². The average molecular weight is 269 g/mol. The normalized spacial score (nSPS) is 16.9. The van der Waals surface area contributed by atoms with Crippen molar-refractivity contribution >= 4 is 21.4 Å². The molecule has 1 atom stereocenters. The van der Waals surface area contributed by atoms with Gasteiger partial charge in [-0.1, -0.05) is 12.1 Å². The van der Waals surface area contributed by atoms with Crippen LogP contribution in [0.2, 0.25) is 0 Å². The number of aliphatic hydroxyl groups excluding tert-OH is 1. The molecule has 98 valence electrons. The van der Waals surface area contributed by atoms with E-state index >= 15 is 0 Å². The summed E-state index contributed by atoms with van der Waals surface area (Å²) in [6, 6.07) is 5.10. The third-order valence-electron chi connectivity index (χ3n) is 2.87. The third-order valence-corrected chi connectivity index (χ3v) is 3.79. The highest BCUT2D eigenvalue weighted by Gasteiger charge is 2.19. The maximum atomic E-state index is 11.2. The maximum absolute atomic E-state index is 11.2. The monoisotopic (exact) mass is 269 g/mol. The number of rotatable bonds is 3. The Morgan fingerprint density at radius 1 is 1.39 bits per heavy atom.